The van der Waals surface area contributed by atoms with Gasteiger partial charge in [-0.2, -0.15) is 4.40 Å². The van der Waals surface area contributed by atoms with Crippen molar-refractivity contribution < 1.29 is 0 Å². The summed E-state index contributed by atoms with van der Waals surface area (Å²) < 4.78 is 4.01. The number of rotatable bonds is 3. The van der Waals surface area contributed by atoms with Gasteiger partial charge in [0.2, 0.25) is 0 Å². The number of amidine groups is 1. The summed E-state index contributed by atoms with van der Waals surface area (Å²) in [6, 6.07) is 0. The minimum Gasteiger partial charge on any atom is -0.392 e. The summed E-state index contributed by atoms with van der Waals surface area (Å²) >= 11 is 1.21. The highest BCUT2D eigenvalue weighted by Gasteiger charge is 1.98. The van der Waals surface area contributed by atoms with Gasteiger partial charge in [0.25, 0.3) is 0 Å². The monoisotopic (exact) mass is 173 g/mol. The third-order valence-corrected chi connectivity index (χ3v) is 1.88. The largest absolute Gasteiger partial charge is 0.392 e. The van der Waals surface area contributed by atoms with Gasteiger partial charge < -0.3 is 11.5 Å². The molecule has 0 rings (SSSR count). The standard InChI is InChI=1S/C7H15N3S/c1-4-6(8)11-10-7(9)5(2)3/h4-5H,8H2,1-3H3,(H2,9,10)/b6-4-. The molecule has 3 nitrogen and oxygen atoms in total. The Morgan fingerprint density at radius 3 is 2.36 bits per heavy atom. The average molecular weight is 173 g/mol. The first-order chi connectivity index (χ1) is 5.07. The van der Waals surface area contributed by atoms with Crippen LogP contribution in [0.15, 0.2) is 15.5 Å². The second kappa shape index (κ2) is 5.07. The van der Waals surface area contributed by atoms with E-state index in [1.54, 1.807) is 6.08 Å². The molecule has 0 aromatic carbocycles. The van der Waals surface area contributed by atoms with Crippen LogP contribution in [-0.2, 0) is 0 Å². The van der Waals surface area contributed by atoms with E-state index < -0.39 is 0 Å². The molecule has 0 heterocycles. The van der Waals surface area contributed by atoms with E-state index in [0.29, 0.717) is 10.9 Å². The van der Waals surface area contributed by atoms with E-state index in [4.69, 9.17) is 11.5 Å². The van der Waals surface area contributed by atoms with E-state index in [1.165, 1.54) is 11.9 Å². The van der Waals surface area contributed by atoms with Crippen molar-refractivity contribution in [3.63, 3.8) is 0 Å². The smallest absolute Gasteiger partial charge is 0.110 e. The lowest BCUT2D eigenvalue weighted by Crippen LogP contribution is -2.17. The molecule has 0 aliphatic rings. The van der Waals surface area contributed by atoms with Gasteiger partial charge in [-0.05, 0) is 6.92 Å². The van der Waals surface area contributed by atoms with E-state index in [9.17, 15) is 0 Å². The fourth-order valence-electron chi connectivity index (χ4n) is 0.264. The fourth-order valence-corrected chi connectivity index (χ4v) is 0.791. The molecule has 11 heavy (non-hydrogen) atoms. The third-order valence-electron chi connectivity index (χ3n) is 1.13. The maximum absolute atomic E-state index is 5.57. The molecular weight excluding hydrogens is 158 g/mol. The molecule has 4 heteroatoms. The molecule has 0 bridgehead atoms. The Kier molecular flexibility index (Phi) is 4.77. The Hall–Kier alpha value is -0.640. The zero-order valence-corrected chi connectivity index (χ0v) is 7.98. The van der Waals surface area contributed by atoms with Crippen LogP contribution < -0.4 is 11.5 Å². The zero-order chi connectivity index (χ0) is 8.85. The van der Waals surface area contributed by atoms with Gasteiger partial charge in [-0.3, -0.25) is 0 Å². The Labute approximate surface area is 72.1 Å². The predicted molar refractivity (Wildman–Crippen MR) is 52.0 cm³/mol. The molecule has 0 amide bonds. The van der Waals surface area contributed by atoms with Crippen LogP contribution in [0, 0.1) is 5.92 Å². The minimum atomic E-state index is 0.284. The van der Waals surface area contributed by atoms with Crippen LogP contribution in [0.1, 0.15) is 20.8 Å². The van der Waals surface area contributed by atoms with E-state index >= 15 is 0 Å². The Morgan fingerprint density at radius 2 is 2.00 bits per heavy atom. The molecule has 0 saturated carbocycles. The van der Waals surface area contributed by atoms with Crippen LogP contribution in [0.4, 0.5) is 0 Å². The molecule has 64 valence electrons. The highest BCUT2D eigenvalue weighted by Crippen LogP contribution is 2.11. The lowest BCUT2D eigenvalue weighted by Gasteiger charge is -2.01. The fraction of sp³-hybridized carbons (Fsp3) is 0.571. The summed E-state index contributed by atoms with van der Waals surface area (Å²) in [6.07, 6.45) is 1.79. The number of allylic oxidation sites excluding steroid dienone is 1. The van der Waals surface area contributed by atoms with Crippen molar-refractivity contribution in [2.24, 2.45) is 21.8 Å². The first-order valence-corrected chi connectivity index (χ1v) is 4.27. The Balaban J connectivity index is 3.92. The van der Waals surface area contributed by atoms with Crippen LogP contribution >= 0.6 is 11.9 Å². The second-order valence-electron chi connectivity index (χ2n) is 2.45. The molecule has 0 atom stereocenters. The van der Waals surface area contributed by atoms with Crippen molar-refractivity contribution in [1.82, 2.24) is 0 Å². The molecule has 0 spiro atoms. The molecule has 0 fully saturated rings. The summed E-state index contributed by atoms with van der Waals surface area (Å²) in [5, 5.41) is 0.675. The molecule has 0 aliphatic carbocycles. The van der Waals surface area contributed by atoms with Crippen molar-refractivity contribution in [2.45, 2.75) is 20.8 Å². The molecular formula is C7H15N3S. The average Bonchev–Trinajstić information content (AvgIpc) is 1.99. The number of hydrogen-bond donors (Lipinski definition) is 2. The molecule has 0 aliphatic heterocycles. The van der Waals surface area contributed by atoms with Gasteiger partial charge in [0, 0.05) is 17.9 Å². The Morgan fingerprint density at radius 1 is 1.45 bits per heavy atom. The lowest BCUT2D eigenvalue weighted by molar-refractivity contribution is 0.877. The summed E-state index contributed by atoms with van der Waals surface area (Å²) in [7, 11) is 0. The van der Waals surface area contributed by atoms with Gasteiger partial charge in [0.05, 0.1) is 5.03 Å². The van der Waals surface area contributed by atoms with Gasteiger partial charge in [-0.1, -0.05) is 19.9 Å². The molecule has 0 aromatic rings. The van der Waals surface area contributed by atoms with Gasteiger partial charge in [0.1, 0.15) is 5.84 Å². The summed E-state index contributed by atoms with van der Waals surface area (Å²) in [6.45, 7) is 5.85. The van der Waals surface area contributed by atoms with Crippen LogP contribution in [0.25, 0.3) is 0 Å². The van der Waals surface area contributed by atoms with Crippen LogP contribution in [0.5, 0.6) is 0 Å². The van der Waals surface area contributed by atoms with E-state index in [2.05, 4.69) is 4.40 Å². The van der Waals surface area contributed by atoms with Crippen LogP contribution in [-0.4, -0.2) is 5.84 Å². The molecule has 0 aromatic heterocycles. The molecule has 4 N–H and O–H groups in total. The maximum atomic E-state index is 5.57. The Bertz CT molecular complexity index is 173. The van der Waals surface area contributed by atoms with Crippen molar-refractivity contribution in [3.8, 4) is 0 Å². The van der Waals surface area contributed by atoms with E-state index in [1.807, 2.05) is 20.8 Å². The van der Waals surface area contributed by atoms with Crippen molar-refractivity contribution in [1.29, 1.82) is 0 Å². The molecule has 0 saturated heterocycles. The summed E-state index contributed by atoms with van der Waals surface area (Å²) in [5.41, 5.74) is 11.0. The van der Waals surface area contributed by atoms with Crippen molar-refractivity contribution >= 4 is 17.8 Å². The number of hydrogen-bond acceptors (Lipinski definition) is 3. The number of nitrogens with zero attached hydrogens (tertiary/aromatic N) is 1. The number of nitrogens with two attached hydrogens (primary N) is 2. The quantitative estimate of drug-likeness (QED) is 0.386. The van der Waals surface area contributed by atoms with E-state index in [-0.39, 0.29) is 5.92 Å². The summed E-state index contributed by atoms with van der Waals surface area (Å²) in [5.74, 6) is 0.909. The minimum absolute atomic E-state index is 0.284. The van der Waals surface area contributed by atoms with Crippen LogP contribution in [0.3, 0.4) is 0 Å². The van der Waals surface area contributed by atoms with Crippen LogP contribution in [0.2, 0.25) is 0 Å². The second-order valence-corrected chi connectivity index (χ2v) is 3.29. The van der Waals surface area contributed by atoms with Crippen molar-refractivity contribution in [2.75, 3.05) is 0 Å². The van der Waals surface area contributed by atoms with E-state index in [0.717, 1.165) is 0 Å². The third kappa shape index (κ3) is 4.72. The maximum Gasteiger partial charge on any atom is 0.110 e. The molecule has 0 radical (unpaired) electrons. The van der Waals surface area contributed by atoms with Gasteiger partial charge in [-0.15, -0.1) is 0 Å². The zero-order valence-electron chi connectivity index (χ0n) is 7.16. The first kappa shape index (κ1) is 10.4. The summed E-state index contributed by atoms with van der Waals surface area (Å²) in [4.78, 5) is 0. The first-order valence-electron chi connectivity index (χ1n) is 3.50. The van der Waals surface area contributed by atoms with Gasteiger partial charge in [0.15, 0.2) is 0 Å². The normalized spacial score (nSPS) is 14.2. The SMILES string of the molecule is C/C=C(/N)SN=C(N)C(C)C. The lowest BCUT2D eigenvalue weighted by atomic mass is 10.2. The highest BCUT2D eigenvalue weighted by atomic mass is 32.2. The van der Waals surface area contributed by atoms with Gasteiger partial charge in [-0.25, -0.2) is 0 Å². The van der Waals surface area contributed by atoms with Gasteiger partial charge >= 0.3 is 0 Å². The van der Waals surface area contributed by atoms with Crippen molar-refractivity contribution in [3.05, 3.63) is 11.1 Å². The predicted octanol–water partition coefficient (Wildman–Crippen LogP) is 1.47. The highest BCUT2D eigenvalue weighted by molar-refractivity contribution is 8.01. The topological polar surface area (TPSA) is 64.4 Å². The molecule has 0 unspecified atom stereocenters.